The summed E-state index contributed by atoms with van der Waals surface area (Å²) in [6.45, 7) is 7.90. The molecule has 112 valence electrons. The molecule has 1 rings (SSSR count). The van der Waals surface area contributed by atoms with Gasteiger partial charge in [0.2, 0.25) is 0 Å². The van der Waals surface area contributed by atoms with Crippen molar-refractivity contribution < 1.29 is 4.74 Å². The zero-order valence-corrected chi connectivity index (χ0v) is 12.7. The average Bonchev–Trinajstić information content (AvgIpc) is 3.24. The maximum absolute atomic E-state index is 5.59. The van der Waals surface area contributed by atoms with Crippen molar-refractivity contribution in [2.24, 2.45) is 10.9 Å². The van der Waals surface area contributed by atoms with Gasteiger partial charge in [0, 0.05) is 39.9 Å². The first-order chi connectivity index (χ1) is 9.26. The summed E-state index contributed by atoms with van der Waals surface area (Å²) in [6, 6.07) is 0. The number of aliphatic imine (C=N–C) groups is 1. The monoisotopic (exact) mass is 270 g/mol. The molecular formula is C14H30N4O. The number of ether oxygens (including phenoxy) is 1. The van der Waals surface area contributed by atoms with E-state index in [0.29, 0.717) is 0 Å². The Hall–Kier alpha value is -0.810. The zero-order valence-electron chi connectivity index (χ0n) is 12.7. The Morgan fingerprint density at radius 1 is 1.32 bits per heavy atom. The van der Waals surface area contributed by atoms with Gasteiger partial charge in [-0.3, -0.25) is 4.99 Å². The van der Waals surface area contributed by atoms with Crippen LogP contribution in [-0.4, -0.2) is 64.3 Å². The number of nitrogens with one attached hydrogen (secondary N) is 2. The van der Waals surface area contributed by atoms with Crippen LogP contribution in [0, 0.1) is 5.92 Å². The lowest BCUT2D eigenvalue weighted by atomic mass is 10.4. The number of hydrogen-bond acceptors (Lipinski definition) is 3. The Morgan fingerprint density at radius 2 is 2.05 bits per heavy atom. The quantitative estimate of drug-likeness (QED) is 0.352. The van der Waals surface area contributed by atoms with E-state index in [1.165, 1.54) is 12.8 Å². The van der Waals surface area contributed by atoms with Gasteiger partial charge in [-0.2, -0.15) is 0 Å². The van der Waals surface area contributed by atoms with Crippen molar-refractivity contribution in [1.82, 2.24) is 15.5 Å². The molecule has 1 fully saturated rings. The van der Waals surface area contributed by atoms with Gasteiger partial charge in [0.05, 0.1) is 0 Å². The second-order valence-corrected chi connectivity index (χ2v) is 5.19. The molecule has 2 N–H and O–H groups in total. The Balaban J connectivity index is 1.92. The first-order valence-electron chi connectivity index (χ1n) is 7.47. The average molecular weight is 270 g/mol. The topological polar surface area (TPSA) is 48.9 Å². The van der Waals surface area contributed by atoms with E-state index in [1.54, 1.807) is 0 Å². The van der Waals surface area contributed by atoms with Crippen LogP contribution in [0.3, 0.4) is 0 Å². The lowest BCUT2D eigenvalue weighted by Crippen LogP contribution is -2.41. The van der Waals surface area contributed by atoms with Crippen LogP contribution in [0.1, 0.15) is 26.2 Å². The van der Waals surface area contributed by atoms with E-state index >= 15 is 0 Å². The SMILES string of the molecule is CCN(C)CCNC(=NC)NCCCOCC1CC1. The van der Waals surface area contributed by atoms with Crippen LogP contribution in [0.2, 0.25) is 0 Å². The number of likely N-dealkylation sites (N-methyl/N-ethyl adjacent to an activating group) is 1. The second-order valence-electron chi connectivity index (χ2n) is 5.19. The van der Waals surface area contributed by atoms with Gasteiger partial charge in [0.15, 0.2) is 5.96 Å². The van der Waals surface area contributed by atoms with Crippen molar-refractivity contribution in [1.29, 1.82) is 0 Å². The Bertz CT molecular complexity index is 254. The predicted octanol–water partition coefficient (Wildman–Crippen LogP) is 0.920. The van der Waals surface area contributed by atoms with E-state index in [2.05, 4.69) is 34.5 Å². The van der Waals surface area contributed by atoms with E-state index in [4.69, 9.17) is 4.74 Å². The highest BCUT2D eigenvalue weighted by Gasteiger charge is 2.20. The van der Waals surface area contributed by atoms with E-state index < -0.39 is 0 Å². The second kappa shape index (κ2) is 10.0. The summed E-state index contributed by atoms with van der Waals surface area (Å²) in [6.07, 6.45) is 3.75. The third-order valence-corrected chi connectivity index (χ3v) is 3.36. The molecule has 1 aliphatic rings. The van der Waals surface area contributed by atoms with Gasteiger partial charge in [-0.1, -0.05) is 6.92 Å². The highest BCUT2D eigenvalue weighted by Crippen LogP contribution is 2.28. The number of rotatable bonds is 10. The van der Waals surface area contributed by atoms with E-state index in [-0.39, 0.29) is 0 Å². The molecule has 0 aromatic heterocycles. The summed E-state index contributed by atoms with van der Waals surface area (Å²) in [5.41, 5.74) is 0. The fraction of sp³-hybridized carbons (Fsp3) is 0.929. The molecule has 0 spiro atoms. The summed E-state index contributed by atoms with van der Waals surface area (Å²) < 4.78 is 5.59. The standard InChI is InChI=1S/C14H30N4O/c1-4-18(3)10-9-17-14(15-2)16-8-5-11-19-12-13-6-7-13/h13H,4-12H2,1-3H3,(H2,15,16,17). The van der Waals surface area contributed by atoms with Crippen molar-refractivity contribution in [3.05, 3.63) is 0 Å². The van der Waals surface area contributed by atoms with E-state index in [1.807, 2.05) is 7.05 Å². The normalized spacial score (nSPS) is 15.9. The van der Waals surface area contributed by atoms with Crippen LogP contribution in [-0.2, 0) is 4.74 Å². The van der Waals surface area contributed by atoms with Crippen LogP contribution in [0.25, 0.3) is 0 Å². The third kappa shape index (κ3) is 8.83. The molecule has 1 saturated carbocycles. The Labute approximate surface area is 117 Å². The maximum Gasteiger partial charge on any atom is 0.191 e. The van der Waals surface area contributed by atoms with Crippen molar-refractivity contribution >= 4 is 5.96 Å². The highest BCUT2D eigenvalue weighted by atomic mass is 16.5. The maximum atomic E-state index is 5.59. The number of nitrogens with zero attached hydrogens (tertiary/aromatic N) is 2. The summed E-state index contributed by atoms with van der Waals surface area (Å²) >= 11 is 0. The van der Waals surface area contributed by atoms with Gasteiger partial charge in [0.25, 0.3) is 0 Å². The lowest BCUT2D eigenvalue weighted by Gasteiger charge is -2.16. The van der Waals surface area contributed by atoms with Crippen molar-refractivity contribution in [3.63, 3.8) is 0 Å². The lowest BCUT2D eigenvalue weighted by molar-refractivity contribution is 0.123. The molecule has 0 radical (unpaired) electrons. The van der Waals surface area contributed by atoms with Crippen LogP contribution < -0.4 is 10.6 Å². The van der Waals surface area contributed by atoms with E-state index in [0.717, 1.165) is 57.7 Å². The number of hydrogen-bond donors (Lipinski definition) is 2. The largest absolute Gasteiger partial charge is 0.381 e. The molecule has 0 aromatic rings. The van der Waals surface area contributed by atoms with Gasteiger partial charge in [-0.25, -0.2) is 0 Å². The summed E-state index contributed by atoms with van der Waals surface area (Å²) in [7, 11) is 3.93. The molecule has 1 aliphatic carbocycles. The highest BCUT2D eigenvalue weighted by molar-refractivity contribution is 5.79. The Morgan fingerprint density at radius 3 is 2.68 bits per heavy atom. The molecule has 0 bridgehead atoms. The van der Waals surface area contributed by atoms with E-state index in [9.17, 15) is 0 Å². The Kier molecular flexibility index (Phi) is 8.58. The van der Waals surface area contributed by atoms with Gasteiger partial charge in [-0.05, 0) is 38.8 Å². The molecular weight excluding hydrogens is 240 g/mol. The minimum atomic E-state index is 0.846. The molecule has 5 nitrogen and oxygen atoms in total. The first-order valence-corrected chi connectivity index (χ1v) is 7.47. The number of guanidine groups is 1. The molecule has 0 atom stereocenters. The molecule has 5 heteroatoms. The minimum Gasteiger partial charge on any atom is -0.381 e. The van der Waals surface area contributed by atoms with Gasteiger partial charge in [0.1, 0.15) is 0 Å². The van der Waals surface area contributed by atoms with Crippen LogP contribution >= 0.6 is 0 Å². The summed E-state index contributed by atoms with van der Waals surface area (Å²) in [5.74, 6) is 1.74. The van der Waals surface area contributed by atoms with Gasteiger partial charge in [-0.15, -0.1) is 0 Å². The molecule has 0 aliphatic heterocycles. The summed E-state index contributed by atoms with van der Waals surface area (Å²) in [4.78, 5) is 6.47. The molecule has 0 unspecified atom stereocenters. The molecule has 0 amide bonds. The van der Waals surface area contributed by atoms with Crippen molar-refractivity contribution in [3.8, 4) is 0 Å². The van der Waals surface area contributed by atoms with Crippen molar-refractivity contribution in [2.45, 2.75) is 26.2 Å². The zero-order chi connectivity index (χ0) is 13.9. The van der Waals surface area contributed by atoms with Gasteiger partial charge < -0.3 is 20.3 Å². The fourth-order valence-electron chi connectivity index (χ4n) is 1.66. The van der Waals surface area contributed by atoms with Crippen LogP contribution in [0.15, 0.2) is 4.99 Å². The first kappa shape index (κ1) is 16.2. The smallest absolute Gasteiger partial charge is 0.191 e. The van der Waals surface area contributed by atoms with Crippen LogP contribution in [0.5, 0.6) is 0 Å². The van der Waals surface area contributed by atoms with Crippen molar-refractivity contribution in [2.75, 3.05) is 53.5 Å². The van der Waals surface area contributed by atoms with Gasteiger partial charge >= 0.3 is 0 Å². The molecule has 0 heterocycles. The summed E-state index contributed by atoms with van der Waals surface area (Å²) in [5, 5.41) is 6.62. The minimum absolute atomic E-state index is 0.846. The fourth-order valence-corrected chi connectivity index (χ4v) is 1.66. The third-order valence-electron chi connectivity index (χ3n) is 3.36. The predicted molar refractivity (Wildman–Crippen MR) is 80.7 cm³/mol. The molecule has 0 saturated heterocycles. The molecule has 0 aromatic carbocycles. The van der Waals surface area contributed by atoms with Crippen LogP contribution in [0.4, 0.5) is 0 Å². The molecule has 19 heavy (non-hydrogen) atoms.